The topological polar surface area (TPSA) is 125 Å². The van der Waals surface area contributed by atoms with Crippen LogP contribution in [-0.4, -0.2) is 68.7 Å². The Morgan fingerprint density at radius 1 is 1.35 bits per heavy atom. The molecule has 0 aliphatic carbocycles. The van der Waals surface area contributed by atoms with Gasteiger partial charge in [-0.1, -0.05) is 11.8 Å². The first-order valence-electron chi connectivity index (χ1n) is 7.87. The van der Waals surface area contributed by atoms with E-state index in [1.807, 2.05) is 0 Å². The minimum atomic E-state index is -3.10. The van der Waals surface area contributed by atoms with Crippen LogP contribution in [0, 0.1) is 0 Å². The van der Waals surface area contributed by atoms with E-state index in [-0.39, 0.29) is 18.1 Å². The number of ether oxygens (including phenoxy) is 1. The van der Waals surface area contributed by atoms with E-state index in [2.05, 4.69) is 15.0 Å². The molecule has 0 spiro atoms. The quantitative estimate of drug-likeness (QED) is 0.461. The lowest BCUT2D eigenvalue weighted by molar-refractivity contribution is -0.109. The number of rotatable bonds is 10. The van der Waals surface area contributed by atoms with Crippen LogP contribution in [0.25, 0.3) is 11.2 Å². The van der Waals surface area contributed by atoms with Crippen LogP contribution >= 0.6 is 19.3 Å². The second kappa shape index (κ2) is 9.43. The maximum absolute atomic E-state index is 12.8. The Morgan fingerprint density at radius 3 is 2.81 bits per heavy atom. The number of carbonyl (C=O) groups excluding carboxylic acids is 1. The second-order valence-corrected chi connectivity index (χ2v) is 9.43. The van der Waals surface area contributed by atoms with Crippen LogP contribution in [0.2, 0.25) is 0 Å². The van der Waals surface area contributed by atoms with Gasteiger partial charge in [-0.05, 0) is 14.1 Å². The Bertz CT molecular complexity index is 799. The van der Waals surface area contributed by atoms with Crippen molar-refractivity contribution in [1.29, 1.82) is 0 Å². The predicted octanol–water partition coefficient (Wildman–Crippen LogP) is 1.43. The molecule has 2 aromatic rings. The third-order valence-corrected chi connectivity index (χ3v) is 6.54. The average Bonchev–Trinajstić information content (AvgIpc) is 3.00. The molecule has 2 rings (SSSR count). The molecule has 0 fully saturated rings. The van der Waals surface area contributed by atoms with Gasteiger partial charge >= 0.3 is 0 Å². The number of hydrogen-bond acceptors (Lipinski definition) is 9. The maximum atomic E-state index is 12.8. The maximum Gasteiger partial charge on any atom is 0.297 e. The van der Waals surface area contributed by atoms with Crippen LogP contribution in [0.15, 0.2) is 12.7 Å². The largest absolute Gasteiger partial charge is 0.382 e. The summed E-state index contributed by atoms with van der Waals surface area (Å²) in [6.45, 7) is 2.47. The summed E-state index contributed by atoms with van der Waals surface area (Å²) in [6, 6.07) is 0. The number of nitrogens with zero attached hydrogens (tertiary/aromatic N) is 5. The Labute approximate surface area is 156 Å². The van der Waals surface area contributed by atoms with E-state index in [1.54, 1.807) is 25.0 Å². The van der Waals surface area contributed by atoms with Gasteiger partial charge in [0.05, 0.1) is 19.5 Å². The number of nitrogen functional groups attached to an aromatic ring is 1. The number of anilines is 1. The SMILES string of the molecule is CC(=O)SCCOP(=O)(COCCn1cnc2c(N)ncnc21)N(C)C. The van der Waals surface area contributed by atoms with Crippen molar-refractivity contribution in [3.63, 3.8) is 0 Å². The third kappa shape index (κ3) is 5.49. The van der Waals surface area contributed by atoms with Gasteiger partial charge in [-0.2, -0.15) is 0 Å². The molecule has 144 valence electrons. The number of fused-ring (bicyclic) bond motifs is 1. The summed E-state index contributed by atoms with van der Waals surface area (Å²) in [5, 5.41) is 0.00143. The molecule has 2 N–H and O–H groups in total. The van der Waals surface area contributed by atoms with Gasteiger partial charge in [0.1, 0.15) is 18.2 Å². The fourth-order valence-corrected chi connectivity index (χ4v) is 3.89. The van der Waals surface area contributed by atoms with E-state index in [4.69, 9.17) is 15.0 Å². The van der Waals surface area contributed by atoms with E-state index >= 15 is 0 Å². The summed E-state index contributed by atoms with van der Waals surface area (Å²) in [5.74, 6) is 0.776. The zero-order chi connectivity index (χ0) is 19.2. The number of hydrogen-bond donors (Lipinski definition) is 1. The molecular weight excluding hydrogens is 379 g/mol. The van der Waals surface area contributed by atoms with Crippen molar-refractivity contribution in [1.82, 2.24) is 24.2 Å². The van der Waals surface area contributed by atoms with Crippen molar-refractivity contribution in [2.45, 2.75) is 13.5 Å². The Morgan fingerprint density at radius 2 is 2.12 bits per heavy atom. The number of aromatic nitrogens is 4. The van der Waals surface area contributed by atoms with Gasteiger partial charge < -0.3 is 19.6 Å². The van der Waals surface area contributed by atoms with Gasteiger partial charge in [-0.25, -0.2) is 19.6 Å². The van der Waals surface area contributed by atoms with Gasteiger partial charge in [0.25, 0.3) is 7.52 Å². The molecule has 0 saturated carbocycles. The fourth-order valence-electron chi connectivity index (χ4n) is 2.04. The molecule has 0 aromatic carbocycles. The Balaban J connectivity index is 1.84. The summed E-state index contributed by atoms with van der Waals surface area (Å²) in [5.41, 5.74) is 6.91. The first-order valence-corrected chi connectivity index (χ1v) is 10.6. The Hall–Kier alpha value is -1.52. The lowest BCUT2D eigenvalue weighted by atomic mass is 10.5. The highest BCUT2D eigenvalue weighted by atomic mass is 32.2. The van der Waals surface area contributed by atoms with Crippen LogP contribution in [0.4, 0.5) is 5.82 Å². The summed E-state index contributed by atoms with van der Waals surface area (Å²) in [6.07, 6.45) is 2.94. The molecule has 2 aromatic heterocycles. The standard InChI is InChI=1S/C14H23N6O4PS/c1-11(21)26-7-6-24-25(22,19(2)3)10-23-5-4-20-9-18-12-13(15)16-8-17-14(12)20/h8-9H,4-7,10H2,1-3H3,(H2,15,16,17). The molecule has 0 bridgehead atoms. The fraction of sp³-hybridized carbons (Fsp3) is 0.571. The highest BCUT2D eigenvalue weighted by molar-refractivity contribution is 8.13. The van der Waals surface area contributed by atoms with Crippen molar-refractivity contribution in [3.05, 3.63) is 12.7 Å². The van der Waals surface area contributed by atoms with Crippen LogP contribution < -0.4 is 5.73 Å². The number of carbonyl (C=O) groups is 1. The molecule has 10 nitrogen and oxygen atoms in total. The summed E-state index contributed by atoms with van der Waals surface area (Å²) in [4.78, 5) is 23.1. The minimum Gasteiger partial charge on any atom is -0.382 e. The summed E-state index contributed by atoms with van der Waals surface area (Å²) < 4.78 is 27.2. The van der Waals surface area contributed by atoms with Gasteiger partial charge in [0.2, 0.25) is 0 Å². The lowest BCUT2D eigenvalue weighted by Crippen LogP contribution is -2.17. The monoisotopic (exact) mass is 402 g/mol. The van der Waals surface area contributed by atoms with Crippen LogP contribution in [0.3, 0.4) is 0 Å². The molecule has 0 saturated heterocycles. The summed E-state index contributed by atoms with van der Waals surface area (Å²) in [7, 11) is 0.246. The van der Waals surface area contributed by atoms with E-state index < -0.39 is 7.52 Å². The molecule has 26 heavy (non-hydrogen) atoms. The van der Waals surface area contributed by atoms with Gasteiger partial charge in [0, 0.05) is 19.2 Å². The Kier molecular flexibility index (Phi) is 7.54. The van der Waals surface area contributed by atoms with E-state index in [0.29, 0.717) is 35.9 Å². The zero-order valence-corrected chi connectivity index (χ0v) is 16.7. The highest BCUT2D eigenvalue weighted by Gasteiger charge is 2.26. The van der Waals surface area contributed by atoms with E-state index in [1.165, 1.54) is 17.9 Å². The zero-order valence-electron chi connectivity index (χ0n) is 15.0. The smallest absolute Gasteiger partial charge is 0.297 e. The molecule has 2 heterocycles. The molecular formula is C14H23N6O4PS. The van der Waals surface area contributed by atoms with Crippen molar-refractivity contribution >= 4 is 41.4 Å². The number of imidazole rings is 1. The van der Waals surface area contributed by atoms with E-state index in [0.717, 1.165) is 11.8 Å². The van der Waals surface area contributed by atoms with Crippen LogP contribution in [-0.2, 0) is 25.2 Å². The molecule has 0 aliphatic rings. The van der Waals surface area contributed by atoms with Crippen LogP contribution in [0.5, 0.6) is 0 Å². The molecule has 0 amide bonds. The molecule has 1 atom stereocenters. The third-order valence-electron chi connectivity index (χ3n) is 3.45. The summed E-state index contributed by atoms with van der Waals surface area (Å²) >= 11 is 1.14. The van der Waals surface area contributed by atoms with Crippen molar-refractivity contribution in [2.75, 3.05) is 45.1 Å². The highest BCUT2D eigenvalue weighted by Crippen LogP contribution is 2.48. The molecule has 0 radical (unpaired) electrons. The first kappa shape index (κ1) is 20.8. The van der Waals surface area contributed by atoms with Crippen molar-refractivity contribution in [3.8, 4) is 0 Å². The minimum absolute atomic E-state index is 0.00143. The van der Waals surface area contributed by atoms with Gasteiger partial charge in [-0.15, -0.1) is 0 Å². The van der Waals surface area contributed by atoms with E-state index in [9.17, 15) is 9.36 Å². The van der Waals surface area contributed by atoms with Crippen molar-refractivity contribution < 1.29 is 18.6 Å². The number of thioether (sulfide) groups is 1. The first-order chi connectivity index (χ1) is 12.3. The molecule has 0 aliphatic heterocycles. The molecule has 12 heteroatoms. The predicted molar refractivity (Wildman–Crippen MR) is 101 cm³/mol. The number of nitrogens with two attached hydrogens (primary N) is 1. The van der Waals surface area contributed by atoms with Gasteiger partial charge in [0.15, 0.2) is 16.6 Å². The second-order valence-electron chi connectivity index (χ2n) is 5.56. The molecule has 1 unspecified atom stereocenters. The normalized spacial score (nSPS) is 14.0. The lowest BCUT2D eigenvalue weighted by Gasteiger charge is -2.24. The average molecular weight is 402 g/mol. The van der Waals surface area contributed by atoms with Crippen molar-refractivity contribution in [2.24, 2.45) is 0 Å². The van der Waals surface area contributed by atoms with Crippen LogP contribution in [0.1, 0.15) is 6.92 Å². The van der Waals surface area contributed by atoms with Gasteiger partial charge in [-0.3, -0.25) is 9.36 Å².